The van der Waals surface area contributed by atoms with Crippen LogP contribution in [-0.2, 0) is 9.59 Å². The molecule has 1 aromatic carbocycles. The van der Waals surface area contributed by atoms with Gasteiger partial charge in [0.25, 0.3) is 0 Å². The largest absolute Gasteiger partial charge is 0.437 e. The summed E-state index contributed by atoms with van der Waals surface area (Å²) in [6, 6.07) is 7.48. The Kier molecular flexibility index (Phi) is 4.41. The van der Waals surface area contributed by atoms with Crippen molar-refractivity contribution < 1.29 is 14.0 Å². The summed E-state index contributed by atoms with van der Waals surface area (Å²) in [6.07, 6.45) is 6.90. The van der Waals surface area contributed by atoms with Gasteiger partial charge < -0.3 is 15.1 Å². The van der Waals surface area contributed by atoms with Crippen molar-refractivity contribution in [2.75, 3.05) is 6.54 Å². The number of para-hydroxylation sites is 2. The molecule has 1 heterocycles. The number of amides is 2. The average molecular weight is 313 g/mol. The van der Waals surface area contributed by atoms with Crippen molar-refractivity contribution in [3.05, 3.63) is 36.2 Å². The van der Waals surface area contributed by atoms with Gasteiger partial charge in [-0.05, 0) is 25.0 Å². The van der Waals surface area contributed by atoms with E-state index in [1.807, 2.05) is 24.3 Å². The number of fused-ring (bicyclic) bond motifs is 1. The third kappa shape index (κ3) is 3.59. The number of carbonyl (C=O) groups is 2. The molecular weight excluding hydrogens is 294 g/mol. The average Bonchev–Trinajstić information content (AvgIpc) is 3.18. The zero-order valence-corrected chi connectivity index (χ0v) is 12.8. The molecule has 6 heteroatoms. The van der Waals surface area contributed by atoms with Gasteiger partial charge in [0, 0.05) is 18.2 Å². The van der Waals surface area contributed by atoms with E-state index >= 15 is 0 Å². The summed E-state index contributed by atoms with van der Waals surface area (Å²) in [5.41, 5.74) is 6.68. The van der Waals surface area contributed by atoms with E-state index in [1.165, 1.54) is 12.2 Å². The first-order chi connectivity index (χ1) is 11.1. The lowest BCUT2D eigenvalue weighted by Gasteiger charge is -2.26. The first kappa shape index (κ1) is 15.3. The maximum absolute atomic E-state index is 12.4. The van der Waals surface area contributed by atoms with Crippen LogP contribution in [0.2, 0.25) is 0 Å². The van der Waals surface area contributed by atoms with Crippen molar-refractivity contribution in [2.24, 2.45) is 5.73 Å². The lowest BCUT2D eigenvalue weighted by Crippen LogP contribution is -2.43. The Morgan fingerprint density at radius 1 is 1.30 bits per heavy atom. The molecule has 2 amide bonds. The summed E-state index contributed by atoms with van der Waals surface area (Å²) in [5, 5.41) is 0. The zero-order valence-electron chi connectivity index (χ0n) is 12.8. The monoisotopic (exact) mass is 313 g/mol. The highest BCUT2D eigenvalue weighted by Crippen LogP contribution is 2.24. The Balaban J connectivity index is 1.75. The SMILES string of the molecule is NC(=O)CN(C(=O)C=Cc1nc2ccccc2o1)C1CCCC1. The highest BCUT2D eigenvalue weighted by Gasteiger charge is 2.26. The van der Waals surface area contributed by atoms with Crippen molar-refractivity contribution in [3.63, 3.8) is 0 Å². The summed E-state index contributed by atoms with van der Waals surface area (Å²) >= 11 is 0. The van der Waals surface area contributed by atoms with Gasteiger partial charge in [-0.2, -0.15) is 0 Å². The molecular formula is C17H19N3O3. The van der Waals surface area contributed by atoms with E-state index in [-0.39, 0.29) is 18.5 Å². The van der Waals surface area contributed by atoms with Crippen LogP contribution in [0, 0.1) is 0 Å². The van der Waals surface area contributed by atoms with E-state index in [9.17, 15) is 9.59 Å². The number of oxazole rings is 1. The van der Waals surface area contributed by atoms with Crippen LogP contribution in [0.3, 0.4) is 0 Å². The van der Waals surface area contributed by atoms with Gasteiger partial charge in [0.05, 0.1) is 6.54 Å². The van der Waals surface area contributed by atoms with Gasteiger partial charge in [0.2, 0.25) is 17.7 Å². The molecule has 120 valence electrons. The Hall–Kier alpha value is -2.63. The Labute approximate surface area is 134 Å². The molecule has 1 aliphatic rings. The van der Waals surface area contributed by atoms with Gasteiger partial charge in [-0.25, -0.2) is 4.98 Å². The zero-order chi connectivity index (χ0) is 16.2. The summed E-state index contributed by atoms with van der Waals surface area (Å²) < 4.78 is 5.54. The minimum absolute atomic E-state index is 0.0542. The molecule has 2 N–H and O–H groups in total. The number of aromatic nitrogens is 1. The molecule has 1 fully saturated rings. The molecule has 6 nitrogen and oxygen atoms in total. The Morgan fingerprint density at radius 2 is 2.04 bits per heavy atom. The molecule has 0 bridgehead atoms. The molecule has 0 aliphatic heterocycles. The number of rotatable bonds is 5. The van der Waals surface area contributed by atoms with Crippen LogP contribution < -0.4 is 5.73 Å². The van der Waals surface area contributed by atoms with Crippen LogP contribution in [0.1, 0.15) is 31.6 Å². The fourth-order valence-corrected chi connectivity index (χ4v) is 2.97. The van der Waals surface area contributed by atoms with Crippen LogP contribution in [0.15, 0.2) is 34.8 Å². The van der Waals surface area contributed by atoms with E-state index in [1.54, 1.807) is 4.90 Å². The normalized spacial score (nSPS) is 15.5. The number of primary amides is 1. The molecule has 23 heavy (non-hydrogen) atoms. The molecule has 3 rings (SSSR count). The highest BCUT2D eigenvalue weighted by molar-refractivity contribution is 5.94. The molecule has 0 spiro atoms. The Bertz CT molecular complexity index is 711. The lowest BCUT2D eigenvalue weighted by atomic mass is 10.2. The van der Waals surface area contributed by atoms with Crippen molar-refractivity contribution in [3.8, 4) is 0 Å². The van der Waals surface area contributed by atoms with E-state index in [2.05, 4.69) is 4.98 Å². The number of nitrogens with two attached hydrogens (primary N) is 1. The van der Waals surface area contributed by atoms with Crippen LogP contribution in [0.5, 0.6) is 0 Å². The quantitative estimate of drug-likeness (QED) is 0.856. The third-order valence-corrected chi connectivity index (χ3v) is 4.05. The Morgan fingerprint density at radius 3 is 2.74 bits per heavy atom. The predicted molar refractivity (Wildman–Crippen MR) is 86.2 cm³/mol. The van der Waals surface area contributed by atoms with Crippen molar-refractivity contribution in [2.45, 2.75) is 31.7 Å². The van der Waals surface area contributed by atoms with Gasteiger partial charge in [-0.15, -0.1) is 0 Å². The van der Waals surface area contributed by atoms with E-state index in [0.717, 1.165) is 31.2 Å². The number of benzene rings is 1. The number of carbonyl (C=O) groups excluding carboxylic acids is 2. The molecule has 0 unspecified atom stereocenters. The minimum Gasteiger partial charge on any atom is -0.437 e. The van der Waals surface area contributed by atoms with Crippen LogP contribution in [0.4, 0.5) is 0 Å². The number of hydrogen-bond acceptors (Lipinski definition) is 4. The molecule has 0 saturated heterocycles. The second-order valence-corrected chi connectivity index (χ2v) is 5.72. The standard InChI is InChI=1S/C17H19N3O3/c18-15(21)11-20(12-5-1-2-6-12)17(22)10-9-16-19-13-7-3-4-8-14(13)23-16/h3-4,7-10,12H,1-2,5-6,11H2,(H2,18,21). The number of hydrogen-bond donors (Lipinski definition) is 1. The third-order valence-electron chi connectivity index (χ3n) is 4.05. The predicted octanol–water partition coefficient (Wildman–Crippen LogP) is 2.10. The summed E-state index contributed by atoms with van der Waals surface area (Å²) in [4.78, 5) is 29.5. The molecule has 2 aromatic rings. The first-order valence-corrected chi connectivity index (χ1v) is 7.76. The molecule has 1 aliphatic carbocycles. The van der Waals surface area contributed by atoms with E-state index < -0.39 is 5.91 Å². The molecule has 1 saturated carbocycles. The van der Waals surface area contributed by atoms with Crippen molar-refractivity contribution >= 4 is 29.0 Å². The van der Waals surface area contributed by atoms with Crippen LogP contribution >= 0.6 is 0 Å². The van der Waals surface area contributed by atoms with Gasteiger partial charge in [-0.3, -0.25) is 9.59 Å². The van der Waals surface area contributed by atoms with Gasteiger partial charge in [0.15, 0.2) is 5.58 Å². The maximum atomic E-state index is 12.4. The fourth-order valence-electron chi connectivity index (χ4n) is 2.97. The second-order valence-electron chi connectivity index (χ2n) is 5.72. The van der Waals surface area contributed by atoms with E-state index in [4.69, 9.17) is 10.2 Å². The maximum Gasteiger partial charge on any atom is 0.247 e. The van der Waals surface area contributed by atoms with Crippen LogP contribution in [-0.4, -0.2) is 34.3 Å². The summed E-state index contributed by atoms with van der Waals surface area (Å²) in [6.45, 7) is -0.0542. The highest BCUT2D eigenvalue weighted by atomic mass is 16.3. The second kappa shape index (κ2) is 6.64. The minimum atomic E-state index is -0.500. The summed E-state index contributed by atoms with van der Waals surface area (Å²) in [5.74, 6) is -0.372. The topological polar surface area (TPSA) is 89.4 Å². The molecule has 1 aromatic heterocycles. The van der Waals surface area contributed by atoms with Gasteiger partial charge in [-0.1, -0.05) is 25.0 Å². The molecule has 0 atom stereocenters. The lowest BCUT2D eigenvalue weighted by molar-refractivity contribution is -0.133. The van der Waals surface area contributed by atoms with Crippen molar-refractivity contribution in [1.82, 2.24) is 9.88 Å². The first-order valence-electron chi connectivity index (χ1n) is 7.76. The summed E-state index contributed by atoms with van der Waals surface area (Å²) in [7, 11) is 0. The fraction of sp³-hybridized carbons (Fsp3) is 0.353. The van der Waals surface area contributed by atoms with E-state index in [0.29, 0.717) is 11.5 Å². The smallest absolute Gasteiger partial charge is 0.247 e. The van der Waals surface area contributed by atoms with Crippen LogP contribution in [0.25, 0.3) is 17.2 Å². The van der Waals surface area contributed by atoms with Gasteiger partial charge >= 0.3 is 0 Å². The number of nitrogens with zero attached hydrogens (tertiary/aromatic N) is 2. The van der Waals surface area contributed by atoms with Gasteiger partial charge in [0.1, 0.15) is 5.52 Å². The molecule has 0 radical (unpaired) electrons. The van der Waals surface area contributed by atoms with Crippen molar-refractivity contribution in [1.29, 1.82) is 0 Å².